The maximum Gasteiger partial charge on any atom is 0.145 e. The smallest absolute Gasteiger partial charge is 0.145 e. The Hall–Kier alpha value is -1.97. The largest absolute Gasteiger partial charge is 0.396 e. The lowest BCUT2D eigenvalue weighted by atomic mass is 9.57. The molecule has 2 aromatic rings. The summed E-state index contributed by atoms with van der Waals surface area (Å²) in [5, 5.41) is 20.0. The SMILES string of the molecule is CC(CO)C(c1ccccc1)C(C)(C)C(=O)C(C)(C)C(c1ccccc1)C(C)CO. The number of carbonyl (C=O) groups is 1. The summed E-state index contributed by atoms with van der Waals surface area (Å²) in [4.78, 5) is 14.2. The third kappa shape index (κ3) is 4.84. The minimum Gasteiger partial charge on any atom is -0.396 e. The molecule has 0 aliphatic carbocycles. The predicted molar refractivity (Wildman–Crippen MR) is 123 cm³/mol. The molecular weight excluding hydrogens is 372 g/mol. The summed E-state index contributed by atoms with van der Waals surface area (Å²) in [7, 11) is 0. The maximum atomic E-state index is 14.2. The van der Waals surface area contributed by atoms with Crippen LogP contribution in [0.1, 0.15) is 64.5 Å². The van der Waals surface area contributed by atoms with Gasteiger partial charge in [0.2, 0.25) is 0 Å². The second-order valence-electron chi connectivity index (χ2n) is 9.87. The van der Waals surface area contributed by atoms with Crippen LogP contribution in [0.15, 0.2) is 60.7 Å². The lowest BCUT2D eigenvalue weighted by molar-refractivity contribution is -0.140. The molecule has 2 rings (SSSR count). The molecule has 0 fully saturated rings. The Labute approximate surface area is 182 Å². The Morgan fingerprint density at radius 1 is 0.700 bits per heavy atom. The monoisotopic (exact) mass is 410 g/mol. The zero-order chi connectivity index (χ0) is 22.5. The fourth-order valence-corrected chi connectivity index (χ4v) is 5.56. The van der Waals surface area contributed by atoms with Gasteiger partial charge in [0.15, 0.2) is 0 Å². The Bertz CT molecular complexity index is 728. The van der Waals surface area contributed by atoms with E-state index in [1.165, 1.54) is 0 Å². The van der Waals surface area contributed by atoms with Gasteiger partial charge in [0.1, 0.15) is 5.78 Å². The summed E-state index contributed by atoms with van der Waals surface area (Å²) in [6.07, 6.45) is 0. The molecule has 0 aliphatic rings. The van der Waals surface area contributed by atoms with Crippen molar-refractivity contribution in [1.82, 2.24) is 0 Å². The Morgan fingerprint density at radius 2 is 1.00 bits per heavy atom. The topological polar surface area (TPSA) is 57.5 Å². The van der Waals surface area contributed by atoms with Gasteiger partial charge in [-0.25, -0.2) is 0 Å². The molecule has 2 aromatic carbocycles. The Balaban J connectivity index is 2.54. The van der Waals surface area contributed by atoms with Gasteiger partial charge in [-0.3, -0.25) is 4.79 Å². The fourth-order valence-electron chi connectivity index (χ4n) is 5.56. The van der Waals surface area contributed by atoms with Crippen molar-refractivity contribution >= 4 is 5.78 Å². The molecule has 0 saturated heterocycles. The summed E-state index contributed by atoms with van der Waals surface area (Å²) >= 11 is 0. The van der Waals surface area contributed by atoms with Crippen LogP contribution in [0.3, 0.4) is 0 Å². The third-order valence-electron chi connectivity index (χ3n) is 6.76. The van der Waals surface area contributed by atoms with E-state index in [9.17, 15) is 15.0 Å². The van der Waals surface area contributed by atoms with Crippen molar-refractivity contribution < 1.29 is 15.0 Å². The molecule has 4 unspecified atom stereocenters. The van der Waals surface area contributed by atoms with Crippen LogP contribution in [0.4, 0.5) is 0 Å². The molecule has 4 atom stereocenters. The molecule has 164 valence electrons. The molecule has 0 aromatic heterocycles. The number of Topliss-reactive ketones (excluding diaryl/α,β-unsaturated/α-hetero) is 1. The van der Waals surface area contributed by atoms with Crippen LogP contribution >= 0.6 is 0 Å². The average Bonchev–Trinajstić information content (AvgIpc) is 2.74. The van der Waals surface area contributed by atoms with Gasteiger partial charge in [0, 0.05) is 35.9 Å². The standard InChI is InChI=1S/C27H38O3/c1-19(17-28)23(21-13-9-7-10-14-21)26(3,4)25(30)27(5,6)24(20(2)18-29)22-15-11-8-12-16-22/h7-16,19-20,23-24,28-29H,17-18H2,1-6H3. The summed E-state index contributed by atoms with van der Waals surface area (Å²) < 4.78 is 0. The molecule has 2 N–H and O–H groups in total. The normalized spacial score (nSPS) is 16.5. The first-order valence-corrected chi connectivity index (χ1v) is 11.0. The lowest BCUT2D eigenvalue weighted by Crippen LogP contribution is -2.47. The maximum absolute atomic E-state index is 14.2. The van der Waals surface area contributed by atoms with Gasteiger partial charge >= 0.3 is 0 Å². The van der Waals surface area contributed by atoms with E-state index in [-0.39, 0.29) is 42.7 Å². The fraction of sp³-hybridized carbons (Fsp3) is 0.519. The van der Waals surface area contributed by atoms with Crippen LogP contribution in [0.5, 0.6) is 0 Å². The molecular formula is C27H38O3. The third-order valence-corrected chi connectivity index (χ3v) is 6.76. The number of benzene rings is 2. The van der Waals surface area contributed by atoms with Gasteiger partial charge in [-0.2, -0.15) is 0 Å². The van der Waals surface area contributed by atoms with Crippen LogP contribution in [-0.2, 0) is 4.79 Å². The number of hydrogen-bond acceptors (Lipinski definition) is 3. The molecule has 0 aliphatic heterocycles. The van der Waals surface area contributed by atoms with Crippen molar-refractivity contribution in [3.05, 3.63) is 71.8 Å². The number of hydrogen-bond donors (Lipinski definition) is 2. The van der Waals surface area contributed by atoms with E-state index in [2.05, 4.69) is 0 Å². The quantitative estimate of drug-likeness (QED) is 0.549. The first-order valence-electron chi connectivity index (χ1n) is 11.0. The molecule has 3 heteroatoms. The molecule has 0 heterocycles. The summed E-state index contributed by atoms with van der Waals surface area (Å²) in [5.74, 6) is -0.203. The zero-order valence-corrected chi connectivity index (χ0v) is 19.3. The van der Waals surface area contributed by atoms with Crippen molar-refractivity contribution in [2.75, 3.05) is 13.2 Å². The lowest BCUT2D eigenvalue weighted by Gasteiger charge is -2.45. The van der Waals surface area contributed by atoms with E-state index in [1.807, 2.05) is 102 Å². The van der Waals surface area contributed by atoms with Crippen LogP contribution in [-0.4, -0.2) is 29.2 Å². The first-order chi connectivity index (χ1) is 14.1. The summed E-state index contributed by atoms with van der Waals surface area (Å²) in [5.41, 5.74) is 0.740. The molecule has 3 nitrogen and oxygen atoms in total. The van der Waals surface area contributed by atoms with E-state index in [4.69, 9.17) is 0 Å². The van der Waals surface area contributed by atoms with Gasteiger partial charge in [-0.05, 0) is 23.0 Å². The first kappa shape index (κ1) is 24.3. The molecule has 0 radical (unpaired) electrons. The van der Waals surface area contributed by atoms with Gasteiger partial charge in [0.05, 0.1) is 0 Å². The number of aliphatic hydroxyl groups is 2. The highest BCUT2D eigenvalue weighted by Gasteiger charge is 2.50. The van der Waals surface area contributed by atoms with Crippen molar-refractivity contribution in [2.45, 2.75) is 53.4 Å². The molecule has 0 amide bonds. The second kappa shape index (κ2) is 9.89. The zero-order valence-electron chi connectivity index (χ0n) is 19.3. The van der Waals surface area contributed by atoms with Crippen molar-refractivity contribution in [1.29, 1.82) is 0 Å². The van der Waals surface area contributed by atoms with Crippen molar-refractivity contribution in [3.63, 3.8) is 0 Å². The number of aliphatic hydroxyl groups excluding tert-OH is 2. The van der Waals surface area contributed by atoms with Gasteiger partial charge < -0.3 is 10.2 Å². The predicted octanol–water partition coefficient (Wildman–Crippen LogP) is 5.43. The van der Waals surface area contributed by atoms with Crippen LogP contribution < -0.4 is 0 Å². The highest BCUT2D eigenvalue weighted by atomic mass is 16.3. The molecule has 30 heavy (non-hydrogen) atoms. The summed E-state index contributed by atoms with van der Waals surface area (Å²) in [6.45, 7) is 12.1. The van der Waals surface area contributed by atoms with Crippen LogP contribution in [0.2, 0.25) is 0 Å². The van der Waals surface area contributed by atoms with Crippen LogP contribution in [0.25, 0.3) is 0 Å². The van der Waals surface area contributed by atoms with E-state index in [0.29, 0.717) is 0 Å². The number of carbonyl (C=O) groups excluding carboxylic acids is 1. The Morgan fingerprint density at radius 3 is 1.27 bits per heavy atom. The second-order valence-corrected chi connectivity index (χ2v) is 9.87. The molecule has 0 bridgehead atoms. The van der Waals surface area contributed by atoms with Gasteiger partial charge in [-0.15, -0.1) is 0 Å². The minimum atomic E-state index is -0.699. The van der Waals surface area contributed by atoms with E-state index < -0.39 is 10.8 Å². The van der Waals surface area contributed by atoms with E-state index in [1.54, 1.807) is 0 Å². The number of ketones is 1. The highest BCUT2D eigenvalue weighted by Crippen LogP contribution is 2.51. The Kier molecular flexibility index (Phi) is 8.01. The summed E-state index contributed by atoms with van der Waals surface area (Å²) in [6, 6.07) is 20.1. The van der Waals surface area contributed by atoms with Gasteiger partial charge in [0.25, 0.3) is 0 Å². The van der Waals surface area contributed by atoms with Crippen molar-refractivity contribution in [2.24, 2.45) is 22.7 Å². The molecule has 0 spiro atoms. The van der Waals surface area contributed by atoms with E-state index in [0.717, 1.165) is 11.1 Å². The van der Waals surface area contributed by atoms with E-state index >= 15 is 0 Å². The van der Waals surface area contributed by atoms with Gasteiger partial charge in [-0.1, -0.05) is 102 Å². The highest BCUT2D eigenvalue weighted by molar-refractivity contribution is 5.91. The minimum absolute atomic E-state index is 0.0197. The average molecular weight is 411 g/mol. The van der Waals surface area contributed by atoms with Crippen molar-refractivity contribution in [3.8, 4) is 0 Å². The number of rotatable bonds is 10. The molecule has 0 saturated carbocycles. The van der Waals surface area contributed by atoms with Crippen LogP contribution in [0, 0.1) is 22.7 Å².